The van der Waals surface area contributed by atoms with Gasteiger partial charge in [0, 0.05) is 21.2 Å². The molecule has 0 aromatic heterocycles. The molecule has 6 atom stereocenters. The van der Waals surface area contributed by atoms with E-state index in [9.17, 15) is 24.3 Å². The molecule has 244 valence electrons. The van der Waals surface area contributed by atoms with Gasteiger partial charge in [0.2, 0.25) is 11.8 Å². The maximum Gasteiger partial charge on any atom is 0.410 e. The van der Waals surface area contributed by atoms with Crippen molar-refractivity contribution in [2.75, 3.05) is 21.2 Å². The Bertz CT molecular complexity index is 1040. The van der Waals surface area contributed by atoms with Crippen molar-refractivity contribution in [3.63, 3.8) is 0 Å². The van der Waals surface area contributed by atoms with E-state index in [1.165, 1.54) is 26.0 Å². The molecule has 0 fully saturated rings. The van der Waals surface area contributed by atoms with E-state index < -0.39 is 59.8 Å². The van der Waals surface area contributed by atoms with E-state index in [0.29, 0.717) is 6.42 Å². The van der Waals surface area contributed by atoms with Crippen LogP contribution in [0.3, 0.4) is 0 Å². The number of hydrogen-bond acceptors (Lipinski definition) is 8. The Morgan fingerprint density at radius 1 is 0.977 bits per heavy atom. The average molecular weight is 608 g/mol. The number of esters is 1. The highest BCUT2D eigenvalue weighted by Crippen LogP contribution is 2.24. The van der Waals surface area contributed by atoms with E-state index in [1.54, 1.807) is 53.8 Å². The minimum absolute atomic E-state index is 0.00295. The number of rotatable bonds is 15. The predicted octanol–water partition coefficient (Wildman–Crippen LogP) is 3.77. The van der Waals surface area contributed by atoms with Crippen LogP contribution in [0.2, 0.25) is 0 Å². The quantitative estimate of drug-likeness (QED) is 0.288. The number of aliphatic hydroxyl groups is 1. The van der Waals surface area contributed by atoms with E-state index in [-0.39, 0.29) is 24.9 Å². The van der Waals surface area contributed by atoms with Gasteiger partial charge in [0.05, 0.1) is 24.7 Å². The lowest BCUT2D eigenvalue weighted by Crippen LogP contribution is -2.61. The second-order valence-electron chi connectivity index (χ2n) is 12.5. The summed E-state index contributed by atoms with van der Waals surface area (Å²) in [6.45, 7) is 14.3. The van der Waals surface area contributed by atoms with Crippen LogP contribution in [0.4, 0.5) is 4.79 Å². The summed E-state index contributed by atoms with van der Waals surface area (Å²) < 4.78 is 16.6. The van der Waals surface area contributed by atoms with Crippen LogP contribution in [0.25, 0.3) is 0 Å². The maximum absolute atomic E-state index is 13.9. The Morgan fingerprint density at radius 2 is 1.56 bits per heavy atom. The summed E-state index contributed by atoms with van der Waals surface area (Å²) in [5.41, 5.74) is 0.102. The van der Waals surface area contributed by atoms with Gasteiger partial charge in [-0.05, 0) is 45.1 Å². The molecule has 2 N–H and O–H groups in total. The maximum atomic E-state index is 13.9. The van der Waals surface area contributed by atoms with Crippen molar-refractivity contribution in [1.29, 1.82) is 0 Å². The summed E-state index contributed by atoms with van der Waals surface area (Å²) in [6, 6.07) is 6.28. The van der Waals surface area contributed by atoms with E-state index >= 15 is 0 Å². The SMILES string of the molecule is CCC(C)C(C(CC(=O)OC(C)(C)C)OC)N(C)C(=O)C(NC(=O)C(C(C)O)N(C)C(=O)OCc1ccccc1)C(C)C. The fourth-order valence-corrected chi connectivity index (χ4v) is 4.90. The van der Waals surface area contributed by atoms with Gasteiger partial charge in [0.1, 0.15) is 24.3 Å². The number of carbonyl (C=O) groups excluding carboxylic acids is 4. The number of nitrogens with one attached hydrogen (secondary N) is 1. The molecule has 11 nitrogen and oxygen atoms in total. The van der Waals surface area contributed by atoms with Crippen molar-refractivity contribution in [2.45, 2.75) is 111 Å². The van der Waals surface area contributed by atoms with Crippen LogP contribution < -0.4 is 5.32 Å². The first-order chi connectivity index (χ1) is 19.9. The Kier molecular flexibility index (Phi) is 15.1. The van der Waals surface area contributed by atoms with E-state index in [1.807, 2.05) is 32.0 Å². The molecule has 1 aromatic rings. The molecule has 1 rings (SSSR count). The van der Waals surface area contributed by atoms with Crippen molar-refractivity contribution in [3.05, 3.63) is 35.9 Å². The summed E-state index contributed by atoms with van der Waals surface area (Å²) in [6.07, 6.45) is -2.06. The Hall–Kier alpha value is -3.18. The highest BCUT2D eigenvalue weighted by molar-refractivity contribution is 5.92. The molecule has 0 aliphatic heterocycles. The van der Waals surface area contributed by atoms with Crippen molar-refractivity contribution < 1.29 is 38.5 Å². The molecule has 0 heterocycles. The smallest absolute Gasteiger partial charge is 0.410 e. The summed E-state index contributed by atoms with van der Waals surface area (Å²) in [7, 11) is 4.48. The molecule has 0 bridgehead atoms. The minimum Gasteiger partial charge on any atom is -0.460 e. The zero-order valence-corrected chi connectivity index (χ0v) is 27.7. The van der Waals surface area contributed by atoms with Crippen molar-refractivity contribution in [3.8, 4) is 0 Å². The van der Waals surface area contributed by atoms with E-state index in [2.05, 4.69) is 5.32 Å². The van der Waals surface area contributed by atoms with E-state index in [4.69, 9.17) is 14.2 Å². The van der Waals surface area contributed by atoms with Crippen molar-refractivity contribution in [1.82, 2.24) is 15.1 Å². The first-order valence-electron chi connectivity index (χ1n) is 14.9. The number of nitrogens with zero attached hydrogens (tertiary/aromatic N) is 2. The van der Waals surface area contributed by atoms with Crippen LogP contribution in [0.5, 0.6) is 0 Å². The summed E-state index contributed by atoms with van der Waals surface area (Å²) in [5.74, 6) is -1.93. The van der Waals surface area contributed by atoms with E-state index in [0.717, 1.165) is 10.5 Å². The van der Waals surface area contributed by atoms with Crippen LogP contribution in [-0.4, -0.2) is 95.9 Å². The zero-order valence-electron chi connectivity index (χ0n) is 27.7. The fourth-order valence-electron chi connectivity index (χ4n) is 4.90. The standard InChI is InChI=1S/C32H53N3O8/c1-12-21(4)27(24(41-11)18-25(37)43-32(6,7)8)34(9)30(39)26(20(2)3)33-29(38)28(22(5)36)35(10)31(40)42-19-23-16-14-13-15-17-23/h13-17,20-22,24,26-28,36H,12,18-19H2,1-11H3,(H,33,38). The van der Waals surface area contributed by atoms with Crippen LogP contribution in [0, 0.1) is 11.8 Å². The lowest BCUT2D eigenvalue weighted by atomic mass is 9.90. The fraction of sp³-hybridized carbons (Fsp3) is 0.688. The summed E-state index contributed by atoms with van der Waals surface area (Å²) in [4.78, 5) is 55.5. The molecule has 0 spiro atoms. The molecule has 6 unspecified atom stereocenters. The van der Waals surface area contributed by atoms with Crippen LogP contribution in [0.1, 0.15) is 73.8 Å². The second kappa shape index (κ2) is 17.2. The monoisotopic (exact) mass is 607 g/mol. The topological polar surface area (TPSA) is 135 Å². The molecule has 11 heteroatoms. The summed E-state index contributed by atoms with van der Waals surface area (Å²) >= 11 is 0. The zero-order chi connectivity index (χ0) is 33.1. The van der Waals surface area contributed by atoms with Gasteiger partial charge in [-0.2, -0.15) is 0 Å². The second-order valence-corrected chi connectivity index (χ2v) is 12.5. The molecule has 0 aliphatic rings. The van der Waals surface area contributed by atoms with Gasteiger partial charge >= 0.3 is 12.1 Å². The number of hydrogen-bond donors (Lipinski definition) is 2. The highest BCUT2D eigenvalue weighted by Gasteiger charge is 2.40. The lowest BCUT2D eigenvalue weighted by Gasteiger charge is -2.40. The molecule has 43 heavy (non-hydrogen) atoms. The molecule has 0 saturated heterocycles. The third kappa shape index (κ3) is 11.8. The average Bonchev–Trinajstić information content (AvgIpc) is 2.92. The first-order valence-corrected chi connectivity index (χ1v) is 14.9. The van der Waals surface area contributed by atoms with Crippen LogP contribution >= 0.6 is 0 Å². The molecule has 0 aliphatic carbocycles. The number of ether oxygens (including phenoxy) is 3. The van der Waals surface area contributed by atoms with Crippen LogP contribution in [0.15, 0.2) is 30.3 Å². The molecule has 0 saturated carbocycles. The van der Waals surface area contributed by atoms with Crippen molar-refractivity contribution >= 4 is 23.9 Å². The van der Waals surface area contributed by atoms with Gasteiger partial charge in [-0.3, -0.25) is 19.3 Å². The minimum atomic E-state index is -1.31. The Balaban J connectivity index is 3.16. The molecule has 1 aromatic carbocycles. The highest BCUT2D eigenvalue weighted by atomic mass is 16.6. The van der Waals surface area contributed by atoms with Gasteiger partial charge < -0.3 is 29.5 Å². The number of likely N-dealkylation sites (N-methyl/N-ethyl adjacent to an activating group) is 2. The van der Waals surface area contributed by atoms with Gasteiger partial charge in [0.25, 0.3) is 0 Å². The lowest BCUT2D eigenvalue weighted by molar-refractivity contribution is -0.161. The van der Waals surface area contributed by atoms with Gasteiger partial charge in [0.15, 0.2) is 0 Å². The number of amides is 3. The number of methoxy groups -OCH3 is 1. The third-order valence-electron chi connectivity index (χ3n) is 7.36. The third-order valence-corrected chi connectivity index (χ3v) is 7.36. The first kappa shape index (κ1) is 37.8. The van der Waals surface area contributed by atoms with Gasteiger partial charge in [-0.25, -0.2) is 4.79 Å². The number of carbonyl (C=O) groups is 4. The molecule has 3 amide bonds. The summed E-state index contributed by atoms with van der Waals surface area (Å²) in [5, 5.41) is 13.2. The molecular weight excluding hydrogens is 554 g/mol. The largest absolute Gasteiger partial charge is 0.460 e. The van der Waals surface area contributed by atoms with Crippen molar-refractivity contribution in [2.24, 2.45) is 11.8 Å². The predicted molar refractivity (Wildman–Crippen MR) is 164 cm³/mol. The Morgan fingerprint density at radius 3 is 2.02 bits per heavy atom. The Labute approximate surface area is 257 Å². The number of aliphatic hydroxyl groups excluding tert-OH is 1. The van der Waals surface area contributed by atoms with Gasteiger partial charge in [-0.15, -0.1) is 0 Å². The van der Waals surface area contributed by atoms with Crippen LogP contribution in [-0.2, 0) is 35.2 Å². The molecular formula is C32H53N3O8. The molecule has 0 radical (unpaired) electrons. The number of benzene rings is 1. The normalized spacial score (nSPS) is 15.8. The van der Waals surface area contributed by atoms with Gasteiger partial charge in [-0.1, -0.05) is 64.4 Å².